The van der Waals surface area contributed by atoms with Gasteiger partial charge >= 0.3 is 5.97 Å². The fourth-order valence-electron chi connectivity index (χ4n) is 2.66. The second kappa shape index (κ2) is 6.50. The highest BCUT2D eigenvalue weighted by molar-refractivity contribution is 5.79. The summed E-state index contributed by atoms with van der Waals surface area (Å²) in [5, 5.41) is 12.6. The molecule has 0 aromatic carbocycles. The molecule has 0 amide bonds. The van der Waals surface area contributed by atoms with Gasteiger partial charge in [0, 0.05) is 19.6 Å². The normalized spacial score (nSPS) is 29.7. The number of nitrogens with one attached hydrogen (secondary N) is 1. The van der Waals surface area contributed by atoms with E-state index in [0.29, 0.717) is 19.4 Å². The molecular weight excluding hydrogens is 234 g/mol. The van der Waals surface area contributed by atoms with Gasteiger partial charge in [-0.2, -0.15) is 0 Å². The van der Waals surface area contributed by atoms with E-state index < -0.39 is 11.5 Å². The summed E-state index contributed by atoms with van der Waals surface area (Å²) < 4.78 is 10.8. The molecular formula is C13H25NO4. The predicted molar refractivity (Wildman–Crippen MR) is 68.7 cm³/mol. The number of methoxy groups -OCH3 is 1. The molecule has 0 aliphatic heterocycles. The van der Waals surface area contributed by atoms with Crippen LogP contribution < -0.4 is 5.32 Å². The van der Waals surface area contributed by atoms with Gasteiger partial charge in [0.05, 0.1) is 18.8 Å². The zero-order chi connectivity index (χ0) is 13.8. The standard InChI is InChI=1S/C13H25NO4/c1-9(2)14-13(12(15)16)6-5-11(7-13)18-10(3)8-17-4/h9-11,14H,5-8H2,1-4H3,(H,15,16). The van der Waals surface area contributed by atoms with E-state index in [0.717, 1.165) is 6.42 Å². The Bertz CT molecular complexity index is 282. The van der Waals surface area contributed by atoms with Crippen molar-refractivity contribution in [1.82, 2.24) is 5.32 Å². The van der Waals surface area contributed by atoms with Gasteiger partial charge < -0.3 is 14.6 Å². The molecule has 18 heavy (non-hydrogen) atoms. The van der Waals surface area contributed by atoms with Crippen LogP contribution in [0.3, 0.4) is 0 Å². The predicted octanol–water partition coefficient (Wildman–Crippen LogP) is 1.41. The summed E-state index contributed by atoms with van der Waals surface area (Å²) in [6.45, 7) is 6.41. The van der Waals surface area contributed by atoms with Crippen LogP contribution >= 0.6 is 0 Å². The molecule has 3 unspecified atom stereocenters. The molecule has 0 spiro atoms. The van der Waals surface area contributed by atoms with E-state index in [-0.39, 0.29) is 18.2 Å². The van der Waals surface area contributed by atoms with Gasteiger partial charge in [0.15, 0.2) is 0 Å². The number of carboxylic acid groups (broad SMARTS) is 1. The largest absolute Gasteiger partial charge is 0.480 e. The van der Waals surface area contributed by atoms with Gasteiger partial charge in [-0.1, -0.05) is 0 Å². The van der Waals surface area contributed by atoms with Crippen molar-refractivity contribution >= 4 is 5.97 Å². The Hall–Kier alpha value is -0.650. The first-order valence-corrected chi connectivity index (χ1v) is 6.55. The van der Waals surface area contributed by atoms with E-state index in [4.69, 9.17) is 9.47 Å². The van der Waals surface area contributed by atoms with Crippen molar-refractivity contribution in [2.45, 2.75) is 63.8 Å². The van der Waals surface area contributed by atoms with Crippen LogP contribution in [0.4, 0.5) is 0 Å². The Morgan fingerprint density at radius 3 is 2.67 bits per heavy atom. The molecule has 1 rings (SSSR count). The maximum Gasteiger partial charge on any atom is 0.324 e. The van der Waals surface area contributed by atoms with Gasteiger partial charge in [0.25, 0.3) is 0 Å². The molecule has 1 fully saturated rings. The topological polar surface area (TPSA) is 67.8 Å². The number of aliphatic carboxylic acids is 1. The number of carboxylic acids is 1. The van der Waals surface area contributed by atoms with E-state index in [9.17, 15) is 9.90 Å². The lowest BCUT2D eigenvalue weighted by atomic mass is 9.96. The minimum absolute atomic E-state index is 0.00231. The highest BCUT2D eigenvalue weighted by Crippen LogP contribution is 2.33. The Labute approximate surface area is 109 Å². The van der Waals surface area contributed by atoms with Crippen LogP contribution in [-0.2, 0) is 14.3 Å². The van der Waals surface area contributed by atoms with Crippen LogP contribution in [0.25, 0.3) is 0 Å². The second-order valence-electron chi connectivity index (χ2n) is 5.45. The Balaban J connectivity index is 2.57. The van der Waals surface area contributed by atoms with Crippen molar-refractivity contribution in [1.29, 1.82) is 0 Å². The van der Waals surface area contributed by atoms with Crippen LogP contribution in [0.15, 0.2) is 0 Å². The lowest BCUT2D eigenvalue weighted by molar-refractivity contribution is -0.145. The van der Waals surface area contributed by atoms with Gasteiger partial charge in [-0.15, -0.1) is 0 Å². The zero-order valence-corrected chi connectivity index (χ0v) is 11.7. The lowest BCUT2D eigenvalue weighted by Crippen LogP contribution is -2.53. The Morgan fingerprint density at radius 2 is 2.17 bits per heavy atom. The van der Waals surface area contributed by atoms with E-state index in [2.05, 4.69) is 5.32 Å². The molecule has 1 aliphatic carbocycles. The van der Waals surface area contributed by atoms with Crippen molar-refractivity contribution in [3.05, 3.63) is 0 Å². The summed E-state index contributed by atoms with van der Waals surface area (Å²) >= 11 is 0. The van der Waals surface area contributed by atoms with Gasteiger partial charge in [-0.3, -0.25) is 10.1 Å². The maximum atomic E-state index is 11.5. The number of carbonyl (C=O) groups is 1. The molecule has 5 nitrogen and oxygen atoms in total. The minimum atomic E-state index is -0.828. The molecule has 1 saturated carbocycles. The van der Waals surface area contributed by atoms with E-state index in [1.54, 1.807) is 7.11 Å². The number of hydrogen-bond donors (Lipinski definition) is 2. The summed E-state index contributed by atoms with van der Waals surface area (Å²) in [5.41, 5.74) is -0.828. The minimum Gasteiger partial charge on any atom is -0.480 e. The molecule has 2 N–H and O–H groups in total. The molecule has 0 aromatic rings. The average Bonchev–Trinajstić information content (AvgIpc) is 2.61. The summed E-state index contributed by atoms with van der Waals surface area (Å²) in [6.07, 6.45) is 1.92. The SMILES string of the molecule is COCC(C)OC1CCC(NC(C)C)(C(=O)O)C1. The van der Waals surface area contributed by atoms with Crippen LogP contribution in [0.1, 0.15) is 40.0 Å². The van der Waals surface area contributed by atoms with Crippen LogP contribution in [0.2, 0.25) is 0 Å². The first-order valence-electron chi connectivity index (χ1n) is 6.55. The molecule has 0 radical (unpaired) electrons. The van der Waals surface area contributed by atoms with Crippen molar-refractivity contribution in [2.24, 2.45) is 0 Å². The molecule has 0 saturated heterocycles. The molecule has 3 atom stereocenters. The fraction of sp³-hybridized carbons (Fsp3) is 0.923. The van der Waals surface area contributed by atoms with E-state index >= 15 is 0 Å². The number of ether oxygens (including phenoxy) is 2. The van der Waals surface area contributed by atoms with Gasteiger partial charge in [-0.05, 0) is 33.6 Å². The van der Waals surface area contributed by atoms with E-state index in [1.807, 2.05) is 20.8 Å². The monoisotopic (exact) mass is 259 g/mol. The first kappa shape index (κ1) is 15.4. The molecule has 0 heterocycles. The summed E-state index contributed by atoms with van der Waals surface area (Å²) in [6, 6.07) is 0.149. The average molecular weight is 259 g/mol. The third kappa shape index (κ3) is 3.93. The van der Waals surface area contributed by atoms with Crippen LogP contribution in [0.5, 0.6) is 0 Å². The fourth-order valence-corrected chi connectivity index (χ4v) is 2.66. The highest BCUT2D eigenvalue weighted by Gasteiger charge is 2.46. The number of hydrogen-bond acceptors (Lipinski definition) is 4. The Kier molecular flexibility index (Phi) is 5.56. The third-order valence-electron chi connectivity index (χ3n) is 3.27. The van der Waals surface area contributed by atoms with Gasteiger partial charge in [0.1, 0.15) is 5.54 Å². The van der Waals surface area contributed by atoms with Gasteiger partial charge in [0.2, 0.25) is 0 Å². The number of rotatable bonds is 7. The molecule has 0 aromatic heterocycles. The molecule has 106 valence electrons. The Morgan fingerprint density at radius 1 is 1.50 bits per heavy atom. The summed E-state index contributed by atoms with van der Waals surface area (Å²) in [4.78, 5) is 11.5. The molecule has 1 aliphatic rings. The van der Waals surface area contributed by atoms with Crippen LogP contribution in [0, 0.1) is 0 Å². The van der Waals surface area contributed by atoms with Gasteiger partial charge in [-0.25, -0.2) is 0 Å². The molecule has 5 heteroatoms. The van der Waals surface area contributed by atoms with Crippen LogP contribution in [-0.4, -0.2) is 48.6 Å². The summed E-state index contributed by atoms with van der Waals surface area (Å²) in [7, 11) is 1.64. The van der Waals surface area contributed by atoms with E-state index in [1.165, 1.54) is 0 Å². The van der Waals surface area contributed by atoms with Crippen molar-refractivity contribution in [2.75, 3.05) is 13.7 Å². The maximum absolute atomic E-state index is 11.5. The van der Waals surface area contributed by atoms with Crippen molar-refractivity contribution in [3.63, 3.8) is 0 Å². The van der Waals surface area contributed by atoms with Crippen molar-refractivity contribution < 1.29 is 19.4 Å². The first-order chi connectivity index (χ1) is 8.39. The van der Waals surface area contributed by atoms with Crippen molar-refractivity contribution in [3.8, 4) is 0 Å². The smallest absolute Gasteiger partial charge is 0.324 e. The summed E-state index contributed by atoms with van der Waals surface area (Å²) in [5.74, 6) is -0.776. The molecule has 0 bridgehead atoms. The zero-order valence-electron chi connectivity index (χ0n) is 11.7. The third-order valence-corrected chi connectivity index (χ3v) is 3.27. The second-order valence-corrected chi connectivity index (χ2v) is 5.45. The highest BCUT2D eigenvalue weighted by atomic mass is 16.5. The quantitative estimate of drug-likeness (QED) is 0.723. The lowest BCUT2D eigenvalue weighted by Gasteiger charge is -2.28.